The summed E-state index contributed by atoms with van der Waals surface area (Å²) in [6.07, 6.45) is 0.569. The van der Waals surface area contributed by atoms with Gasteiger partial charge in [0.05, 0.1) is 21.8 Å². The maximum atomic E-state index is 11.8. The van der Waals surface area contributed by atoms with E-state index < -0.39 is 6.04 Å². The summed E-state index contributed by atoms with van der Waals surface area (Å²) in [6.45, 7) is 3.96. The molecule has 0 aliphatic heterocycles. The van der Waals surface area contributed by atoms with Crippen LogP contribution < -0.4 is 11.1 Å². The Labute approximate surface area is 116 Å². The minimum Gasteiger partial charge on any atom is -0.508 e. The number of nitrogens with two attached hydrogens (primary N) is 1. The van der Waals surface area contributed by atoms with Gasteiger partial charge in [0, 0.05) is 12.1 Å². The monoisotopic (exact) mass is 290 g/mol. The highest BCUT2D eigenvalue weighted by Crippen LogP contribution is 2.34. The van der Waals surface area contributed by atoms with E-state index in [0.29, 0.717) is 12.3 Å². The van der Waals surface area contributed by atoms with Crippen LogP contribution in [0.3, 0.4) is 0 Å². The predicted molar refractivity (Wildman–Crippen MR) is 74.2 cm³/mol. The molecule has 0 unspecified atom stereocenters. The number of hydrogen-bond acceptors (Lipinski definition) is 3. The number of aromatic hydroxyl groups is 1. The zero-order chi connectivity index (χ0) is 13.9. The molecule has 0 heterocycles. The molecular weight excluding hydrogens is 275 g/mol. The van der Waals surface area contributed by atoms with Crippen LogP contribution in [0.5, 0.6) is 5.75 Å². The molecule has 1 rings (SSSR count). The maximum Gasteiger partial charge on any atom is 0.241 e. The molecule has 0 aliphatic rings. The summed E-state index contributed by atoms with van der Waals surface area (Å²) in [5.41, 5.74) is 6.01. The molecule has 0 bridgehead atoms. The molecule has 0 spiro atoms. The van der Waals surface area contributed by atoms with Crippen molar-refractivity contribution >= 4 is 34.8 Å². The molecule has 1 amide bonds. The van der Waals surface area contributed by atoms with Crippen LogP contribution in [0.2, 0.25) is 10.0 Å². The molecule has 4 N–H and O–H groups in total. The zero-order valence-corrected chi connectivity index (χ0v) is 11.7. The highest BCUT2D eigenvalue weighted by Gasteiger charge is 2.18. The van der Waals surface area contributed by atoms with E-state index in [2.05, 4.69) is 5.32 Å². The molecule has 0 aromatic heterocycles. The third kappa shape index (κ3) is 4.05. The van der Waals surface area contributed by atoms with Crippen molar-refractivity contribution in [3.63, 3.8) is 0 Å². The molecule has 0 radical (unpaired) electrons. The lowest BCUT2D eigenvalue weighted by atomic mass is 10.0. The van der Waals surface area contributed by atoms with E-state index in [4.69, 9.17) is 28.9 Å². The molecular formula is C12H16Cl2N2O2. The van der Waals surface area contributed by atoms with Crippen LogP contribution in [0.1, 0.15) is 20.3 Å². The van der Waals surface area contributed by atoms with E-state index >= 15 is 0 Å². The van der Waals surface area contributed by atoms with Crippen LogP contribution in [0, 0.1) is 5.92 Å². The summed E-state index contributed by atoms with van der Waals surface area (Å²) < 4.78 is 0. The van der Waals surface area contributed by atoms with Gasteiger partial charge in [0.1, 0.15) is 5.75 Å². The molecule has 4 nitrogen and oxygen atoms in total. The van der Waals surface area contributed by atoms with Crippen molar-refractivity contribution in [1.82, 2.24) is 0 Å². The fourth-order valence-corrected chi connectivity index (χ4v) is 2.08. The Morgan fingerprint density at radius 2 is 1.89 bits per heavy atom. The van der Waals surface area contributed by atoms with E-state index in [9.17, 15) is 9.90 Å². The summed E-state index contributed by atoms with van der Waals surface area (Å²) >= 11 is 11.8. The molecule has 0 aliphatic carbocycles. The number of phenolic OH excluding ortho intramolecular Hbond substituents is 1. The molecule has 1 aromatic carbocycles. The van der Waals surface area contributed by atoms with Gasteiger partial charge in [-0.25, -0.2) is 0 Å². The third-order valence-corrected chi connectivity index (χ3v) is 2.93. The lowest BCUT2D eigenvalue weighted by Crippen LogP contribution is -2.36. The van der Waals surface area contributed by atoms with Gasteiger partial charge >= 0.3 is 0 Å². The largest absolute Gasteiger partial charge is 0.508 e. The fourth-order valence-electron chi connectivity index (χ4n) is 1.51. The molecule has 0 fully saturated rings. The number of phenols is 1. The number of carbonyl (C=O) groups excluding carboxylic acids is 1. The van der Waals surface area contributed by atoms with Crippen LogP contribution in [-0.4, -0.2) is 17.1 Å². The Balaban J connectivity index is 2.82. The minimum absolute atomic E-state index is 0.0607. The second-order valence-electron chi connectivity index (χ2n) is 4.51. The number of halogens is 2. The SMILES string of the molecule is CC(C)C[C@H](N)C(=O)Nc1c(Cl)cc(O)cc1Cl. The molecule has 0 saturated heterocycles. The minimum atomic E-state index is -0.620. The van der Waals surface area contributed by atoms with Crippen molar-refractivity contribution in [3.05, 3.63) is 22.2 Å². The summed E-state index contributed by atoms with van der Waals surface area (Å²) in [7, 11) is 0. The lowest BCUT2D eigenvalue weighted by Gasteiger charge is -2.15. The maximum absolute atomic E-state index is 11.8. The molecule has 18 heavy (non-hydrogen) atoms. The number of carbonyl (C=O) groups is 1. The fraction of sp³-hybridized carbons (Fsp3) is 0.417. The van der Waals surface area contributed by atoms with Crippen LogP contribution in [0.25, 0.3) is 0 Å². The van der Waals surface area contributed by atoms with Gasteiger partial charge in [-0.05, 0) is 12.3 Å². The van der Waals surface area contributed by atoms with Gasteiger partial charge in [0.15, 0.2) is 0 Å². The second kappa shape index (κ2) is 6.27. The van der Waals surface area contributed by atoms with E-state index in [1.165, 1.54) is 12.1 Å². The third-order valence-electron chi connectivity index (χ3n) is 2.34. The van der Waals surface area contributed by atoms with Crippen molar-refractivity contribution in [2.24, 2.45) is 11.7 Å². The zero-order valence-electron chi connectivity index (χ0n) is 10.2. The topological polar surface area (TPSA) is 75.4 Å². The highest BCUT2D eigenvalue weighted by molar-refractivity contribution is 6.40. The first-order chi connectivity index (χ1) is 8.31. The molecule has 100 valence electrons. The van der Waals surface area contributed by atoms with Crippen molar-refractivity contribution in [1.29, 1.82) is 0 Å². The number of amides is 1. The van der Waals surface area contributed by atoms with Gasteiger partial charge in [-0.2, -0.15) is 0 Å². The number of rotatable bonds is 4. The first-order valence-electron chi connectivity index (χ1n) is 5.55. The average Bonchev–Trinajstić information content (AvgIpc) is 2.21. The molecule has 1 atom stereocenters. The smallest absolute Gasteiger partial charge is 0.241 e. The van der Waals surface area contributed by atoms with Gasteiger partial charge in [0.2, 0.25) is 5.91 Å². The van der Waals surface area contributed by atoms with Gasteiger partial charge in [-0.3, -0.25) is 4.79 Å². The van der Waals surface area contributed by atoms with E-state index in [1.807, 2.05) is 13.8 Å². The van der Waals surface area contributed by atoms with E-state index in [-0.39, 0.29) is 27.4 Å². The van der Waals surface area contributed by atoms with Crippen molar-refractivity contribution in [2.45, 2.75) is 26.3 Å². The summed E-state index contributed by atoms with van der Waals surface area (Å²) in [5.74, 6) is -0.0934. The van der Waals surface area contributed by atoms with Crippen LogP contribution in [0.15, 0.2) is 12.1 Å². The quantitative estimate of drug-likeness (QED) is 0.746. The van der Waals surface area contributed by atoms with Crippen LogP contribution in [-0.2, 0) is 4.79 Å². The summed E-state index contributed by atoms with van der Waals surface area (Å²) in [6, 6.07) is 1.99. The second-order valence-corrected chi connectivity index (χ2v) is 5.32. The van der Waals surface area contributed by atoms with Gasteiger partial charge < -0.3 is 16.2 Å². The Hall–Kier alpha value is -0.970. The Morgan fingerprint density at radius 3 is 2.33 bits per heavy atom. The number of benzene rings is 1. The van der Waals surface area contributed by atoms with Gasteiger partial charge in [0.25, 0.3) is 0 Å². The van der Waals surface area contributed by atoms with E-state index in [0.717, 1.165) is 0 Å². The van der Waals surface area contributed by atoms with Gasteiger partial charge in [-0.1, -0.05) is 37.0 Å². The number of nitrogens with one attached hydrogen (secondary N) is 1. The van der Waals surface area contributed by atoms with Crippen LogP contribution in [0.4, 0.5) is 5.69 Å². The predicted octanol–water partition coefficient (Wildman–Crippen LogP) is 3.01. The Morgan fingerprint density at radius 1 is 1.39 bits per heavy atom. The summed E-state index contributed by atoms with van der Waals surface area (Å²) in [5, 5.41) is 12.2. The van der Waals surface area contributed by atoms with Crippen molar-refractivity contribution < 1.29 is 9.90 Å². The highest BCUT2D eigenvalue weighted by atomic mass is 35.5. The summed E-state index contributed by atoms with van der Waals surface area (Å²) in [4.78, 5) is 11.8. The average molecular weight is 291 g/mol. The van der Waals surface area contributed by atoms with Crippen molar-refractivity contribution in [3.8, 4) is 5.75 Å². The first-order valence-corrected chi connectivity index (χ1v) is 6.31. The van der Waals surface area contributed by atoms with Gasteiger partial charge in [-0.15, -0.1) is 0 Å². The van der Waals surface area contributed by atoms with Crippen molar-refractivity contribution in [2.75, 3.05) is 5.32 Å². The Kier molecular flexibility index (Phi) is 5.26. The lowest BCUT2D eigenvalue weighted by molar-refractivity contribution is -0.117. The Bertz CT molecular complexity index is 427. The molecule has 6 heteroatoms. The first kappa shape index (κ1) is 15.1. The van der Waals surface area contributed by atoms with Crippen LogP contribution >= 0.6 is 23.2 Å². The number of hydrogen-bond donors (Lipinski definition) is 3. The number of anilines is 1. The normalized spacial score (nSPS) is 12.6. The van der Waals surface area contributed by atoms with E-state index in [1.54, 1.807) is 0 Å². The standard InChI is InChI=1S/C12H16Cl2N2O2/c1-6(2)3-10(15)12(18)16-11-8(13)4-7(17)5-9(11)14/h4-6,10,17H,3,15H2,1-2H3,(H,16,18)/t10-/m0/s1. The molecule has 0 saturated carbocycles. The molecule has 1 aromatic rings.